The molecule has 0 radical (unpaired) electrons. The van der Waals surface area contributed by atoms with Gasteiger partial charge in [-0.2, -0.15) is 5.10 Å². The average molecular weight is 308 g/mol. The predicted octanol–water partition coefficient (Wildman–Crippen LogP) is 1.93. The van der Waals surface area contributed by atoms with Gasteiger partial charge in [0.2, 0.25) is 0 Å². The second-order valence-corrected chi connectivity index (χ2v) is 5.18. The lowest BCUT2D eigenvalue weighted by Gasteiger charge is -2.13. The maximum atomic E-state index is 11.5. The van der Waals surface area contributed by atoms with Gasteiger partial charge in [-0.15, -0.1) is 0 Å². The maximum Gasteiger partial charge on any atom is 0.250 e. The molecule has 0 fully saturated rings. The van der Waals surface area contributed by atoms with Crippen LogP contribution in [0.1, 0.15) is 28.5 Å². The number of aromatic nitrogens is 2. The number of nitrogen functional groups attached to an aromatic ring is 1. The van der Waals surface area contributed by atoms with Gasteiger partial charge in [0, 0.05) is 31.0 Å². The number of nitrogens with one attached hydrogen (secondary N) is 1. The van der Waals surface area contributed by atoms with Crippen molar-refractivity contribution in [3.63, 3.8) is 0 Å². The van der Waals surface area contributed by atoms with Crippen LogP contribution in [0.3, 0.4) is 0 Å². The molecule has 7 heteroatoms. The molecule has 1 aromatic heterocycles. The van der Waals surface area contributed by atoms with Gasteiger partial charge < -0.3 is 16.8 Å². The Morgan fingerprint density at radius 2 is 2.19 bits per heavy atom. The van der Waals surface area contributed by atoms with E-state index in [9.17, 15) is 4.79 Å². The van der Waals surface area contributed by atoms with Crippen molar-refractivity contribution < 1.29 is 4.79 Å². The summed E-state index contributed by atoms with van der Waals surface area (Å²) in [6, 6.07) is 3.10. The molecule has 0 bridgehead atoms. The van der Waals surface area contributed by atoms with E-state index in [0.29, 0.717) is 22.9 Å². The number of nitrogens with zero attached hydrogens (tertiary/aromatic N) is 2. The number of carbonyl (C=O) groups is 1. The van der Waals surface area contributed by atoms with E-state index in [4.69, 9.17) is 23.1 Å². The van der Waals surface area contributed by atoms with E-state index in [1.165, 1.54) is 6.07 Å². The molecule has 2 rings (SSSR count). The van der Waals surface area contributed by atoms with Crippen LogP contribution < -0.4 is 16.8 Å². The molecule has 1 heterocycles. The van der Waals surface area contributed by atoms with Crippen LogP contribution in [0.25, 0.3) is 0 Å². The van der Waals surface area contributed by atoms with Crippen LogP contribution in [-0.4, -0.2) is 15.7 Å². The fraction of sp³-hybridized carbons (Fsp3) is 0.286. The largest absolute Gasteiger partial charge is 0.399 e. The average Bonchev–Trinajstić information content (AvgIpc) is 2.77. The standard InChI is InChI=1S/C14H18ClN5O/c1-3-12-8(7-20(2)19-12)6-18-13-10(14(17)21)4-9(16)5-11(13)15/h4-5,7,18H,3,6,16H2,1-2H3,(H2,17,21). The molecule has 0 aliphatic heterocycles. The summed E-state index contributed by atoms with van der Waals surface area (Å²) in [6.07, 6.45) is 2.76. The van der Waals surface area contributed by atoms with E-state index in [2.05, 4.69) is 10.4 Å². The lowest BCUT2D eigenvalue weighted by Crippen LogP contribution is -2.15. The fourth-order valence-corrected chi connectivity index (χ4v) is 2.51. The van der Waals surface area contributed by atoms with Crippen LogP contribution in [-0.2, 0) is 20.0 Å². The van der Waals surface area contributed by atoms with Crippen molar-refractivity contribution >= 4 is 28.9 Å². The van der Waals surface area contributed by atoms with Gasteiger partial charge in [0.1, 0.15) is 0 Å². The third-order valence-electron chi connectivity index (χ3n) is 3.16. The number of nitrogens with two attached hydrogens (primary N) is 2. The number of hydrogen-bond donors (Lipinski definition) is 3. The van der Waals surface area contributed by atoms with E-state index in [1.54, 1.807) is 10.7 Å². The Morgan fingerprint density at radius 1 is 1.48 bits per heavy atom. The van der Waals surface area contributed by atoms with Gasteiger partial charge in [0.25, 0.3) is 5.91 Å². The molecule has 2 aromatic rings. The van der Waals surface area contributed by atoms with Crippen molar-refractivity contribution in [3.05, 3.63) is 40.2 Å². The van der Waals surface area contributed by atoms with Crippen LogP contribution in [0.4, 0.5) is 11.4 Å². The number of hydrogen-bond acceptors (Lipinski definition) is 4. The molecule has 0 unspecified atom stereocenters. The molecule has 0 saturated carbocycles. The van der Waals surface area contributed by atoms with Crippen LogP contribution in [0.2, 0.25) is 5.02 Å². The number of primary amides is 1. The highest BCUT2D eigenvalue weighted by Gasteiger charge is 2.14. The minimum absolute atomic E-state index is 0.280. The van der Waals surface area contributed by atoms with Crippen LogP contribution in [0.15, 0.2) is 18.3 Å². The van der Waals surface area contributed by atoms with E-state index in [0.717, 1.165) is 17.7 Å². The Morgan fingerprint density at radius 3 is 2.81 bits per heavy atom. The van der Waals surface area contributed by atoms with E-state index < -0.39 is 5.91 Å². The van der Waals surface area contributed by atoms with Gasteiger partial charge in [-0.25, -0.2) is 0 Å². The van der Waals surface area contributed by atoms with Crippen LogP contribution >= 0.6 is 11.6 Å². The van der Waals surface area contributed by atoms with Crippen molar-refractivity contribution in [2.45, 2.75) is 19.9 Å². The van der Waals surface area contributed by atoms with E-state index in [-0.39, 0.29) is 5.56 Å². The minimum Gasteiger partial charge on any atom is -0.399 e. The van der Waals surface area contributed by atoms with Crippen molar-refractivity contribution in [3.8, 4) is 0 Å². The monoisotopic (exact) mass is 307 g/mol. The number of rotatable bonds is 5. The lowest BCUT2D eigenvalue weighted by molar-refractivity contribution is 0.100. The molecular formula is C14H18ClN5O. The highest BCUT2D eigenvalue weighted by atomic mass is 35.5. The smallest absolute Gasteiger partial charge is 0.250 e. The summed E-state index contributed by atoms with van der Waals surface area (Å²) in [5.41, 5.74) is 14.3. The van der Waals surface area contributed by atoms with Crippen molar-refractivity contribution in [2.24, 2.45) is 12.8 Å². The number of halogens is 1. The molecule has 21 heavy (non-hydrogen) atoms. The van der Waals surface area contributed by atoms with Crippen molar-refractivity contribution in [1.29, 1.82) is 0 Å². The molecule has 6 nitrogen and oxygen atoms in total. The van der Waals surface area contributed by atoms with Gasteiger partial charge in [-0.05, 0) is 18.6 Å². The molecule has 1 amide bonds. The normalized spacial score (nSPS) is 10.6. The molecule has 0 atom stereocenters. The Balaban J connectivity index is 2.29. The van der Waals surface area contributed by atoms with Gasteiger partial charge >= 0.3 is 0 Å². The van der Waals surface area contributed by atoms with Gasteiger partial charge in [-0.1, -0.05) is 18.5 Å². The van der Waals surface area contributed by atoms with Gasteiger partial charge in [0.05, 0.1) is 22.0 Å². The Labute approximate surface area is 128 Å². The third kappa shape index (κ3) is 3.28. The SMILES string of the molecule is CCc1nn(C)cc1CNc1c(Cl)cc(N)cc1C(N)=O. The van der Waals surface area contributed by atoms with Gasteiger partial charge in [0.15, 0.2) is 0 Å². The fourth-order valence-electron chi connectivity index (χ4n) is 2.21. The van der Waals surface area contributed by atoms with Gasteiger partial charge in [-0.3, -0.25) is 9.48 Å². The first-order valence-corrected chi connectivity index (χ1v) is 6.94. The summed E-state index contributed by atoms with van der Waals surface area (Å²) >= 11 is 6.15. The number of carbonyl (C=O) groups excluding carboxylic acids is 1. The zero-order valence-electron chi connectivity index (χ0n) is 12.0. The zero-order valence-corrected chi connectivity index (χ0v) is 12.7. The maximum absolute atomic E-state index is 11.5. The highest BCUT2D eigenvalue weighted by molar-refractivity contribution is 6.34. The summed E-state index contributed by atoms with van der Waals surface area (Å²) < 4.78 is 1.76. The molecule has 1 aromatic carbocycles. The van der Waals surface area contributed by atoms with Crippen molar-refractivity contribution in [2.75, 3.05) is 11.1 Å². The molecule has 5 N–H and O–H groups in total. The molecule has 0 saturated heterocycles. The second-order valence-electron chi connectivity index (χ2n) is 4.77. The Hall–Kier alpha value is -2.21. The summed E-state index contributed by atoms with van der Waals surface area (Å²) in [5, 5.41) is 7.89. The Kier molecular flexibility index (Phi) is 4.37. The first kappa shape index (κ1) is 15.2. The minimum atomic E-state index is -0.575. The summed E-state index contributed by atoms with van der Waals surface area (Å²) in [7, 11) is 1.87. The van der Waals surface area contributed by atoms with Crippen LogP contribution in [0, 0.1) is 0 Å². The number of anilines is 2. The second kappa shape index (κ2) is 6.05. The van der Waals surface area contributed by atoms with Crippen molar-refractivity contribution in [1.82, 2.24) is 9.78 Å². The quantitative estimate of drug-likeness (QED) is 0.735. The molecule has 0 aliphatic carbocycles. The predicted molar refractivity (Wildman–Crippen MR) is 84.3 cm³/mol. The summed E-state index contributed by atoms with van der Waals surface area (Å²) in [6.45, 7) is 2.54. The van der Waals surface area contributed by atoms with E-state index in [1.807, 2.05) is 20.2 Å². The Bertz CT molecular complexity index is 680. The summed E-state index contributed by atoms with van der Waals surface area (Å²) in [4.78, 5) is 11.5. The first-order valence-electron chi connectivity index (χ1n) is 6.56. The third-order valence-corrected chi connectivity index (χ3v) is 3.46. The van der Waals surface area contributed by atoms with E-state index >= 15 is 0 Å². The molecule has 112 valence electrons. The lowest BCUT2D eigenvalue weighted by atomic mass is 10.1. The number of aryl methyl sites for hydroxylation is 2. The first-order chi connectivity index (χ1) is 9.92. The number of benzene rings is 1. The number of amides is 1. The molecule has 0 aliphatic rings. The highest BCUT2D eigenvalue weighted by Crippen LogP contribution is 2.29. The zero-order chi connectivity index (χ0) is 15.6. The summed E-state index contributed by atoms with van der Waals surface area (Å²) in [5.74, 6) is -0.575. The molecular weight excluding hydrogens is 290 g/mol. The van der Waals surface area contributed by atoms with Crippen LogP contribution in [0.5, 0.6) is 0 Å². The molecule has 0 spiro atoms. The topological polar surface area (TPSA) is 99.0 Å².